The van der Waals surface area contributed by atoms with Gasteiger partial charge in [-0.1, -0.05) is 6.92 Å². The van der Waals surface area contributed by atoms with Crippen molar-refractivity contribution in [2.24, 2.45) is 5.92 Å². The third-order valence-corrected chi connectivity index (χ3v) is 2.09. The average molecular weight is 200 g/mol. The minimum absolute atomic E-state index is 0.0375. The van der Waals surface area contributed by atoms with E-state index in [1.807, 2.05) is 7.05 Å². The number of carbonyl (C=O) groups excluding carboxylic acids is 2. The fourth-order valence-corrected chi connectivity index (χ4v) is 1.28. The van der Waals surface area contributed by atoms with Crippen LogP contribution in [0.2, 0.25) is 0 Å². The lowest BCUT2D eigenvalue weighted by molar-refractivity contribution is -0.135. The summed E-state index contributed by atoms with van der Waals surface area (Å²) in [7, 11) is 3.60. The number of likely N-dealkylation sites (N-methyl/N-ethyl adjacent to an activating group) is 2. The van der Waals surface area contributed by atoms with E-state index in [1.54, 1.807) is 18.9 Å². The lowest BCUT2D eigenvalue weighted by Crippen LogP contribution is -2.36. The van der Waals surface area contributed by atoms with Crippen LogP contribution in [0.5, 0.6) is 0 Å². The standard InChI is InChI=1S/C10H20N2O2/c1-8(7-9(2)13)10(14)12(4)6-5-11-3/h8,11H,5-7H2,1-4H3. The molecule has 1 N–H and O–H groups in total. The van der Waals surface area contributed by atoms with Crippen molar-refractivity contribution in [3.63, 3.8) is 0 Å². The molecule has 0 bridgehead atoms. The summed E-state index contributed by atoms with van der Waals surface area (Å²) in [5.41, 5.74) is 0. The van der Waals surface area contributed by atoms with Gasteiger partial charge in [-0.25, -0.2) is 0 Å². The first-order valence-corrected chi connectivity index (χ1v) is 4.88. The second kappa shape index (κ2) is 6.54. The zero-order valence-electron chi connectivity index (χ0n) is 9.46. The van der Waals surface area contributed by atoms with Gasteiger partial charge in [0.05, 0.1) is 0 Å². The van der Waals surface area contributed by atoms with E-state index >= 15 is 0 Å². The van der Waals surface area contributed by atoms with E-state index in [4.69, 9.17) is 0 Å². The quantitative estimate of drug-likeness (QED) is 0.670. The normalized spacial score (nSPS) is 12.3. The molecule has 0 heterocycles. The molecule has 0 aliphatic heterocycles. The summed E-state index contributed by atoms with van der Waals surface area (Å²) in [5, 5.41) is 2.97. The molecule has 0 saturated carbocycles. The third-order valence-electron chi connectivity index (χ3n) is 2.09. The number of nitrogens with one attached hydrogen (secondary N) is 1. The van der Waals surface area contributed by atoms with Gasteiger partial charge in [0, 0.05) is 32.5 Å². The zero-order chi connectivity index (χ0) is 11.1. The largest absolute Gasteiger partial charge is 0.344 e. The van der Waals surface area contributed by atoms with Crippen LogP contribution in [0.3, 0.4) is 0 Å². The SMILES string of the molecule is CNCCN(C)C(=O)C(C)CC(C)=O. The number of carbonyl (C=O) groups is 2. The van der Waals surface area contributed by atoms with E-state index in [1.165, 1.54) is 6.92 Å². The first-order chi connectivity index (χ1) is 6.49. The number of amides is 1. The summed E-state index contributed by atoms with van der Waals surface area (Å²) in [4.78, 5) is 24.1. The first kappa shape index (κ1) is 13.1. The maximum Gasteiger partial charge on any atom is 0.225 e. The molecule has 0 fully saturated rings. The number of ketones is 1. The highest BCUT2D eigenvalue weighted by molar-refractivity contribution is 5.85. The summed E-state index contributed by atoms with van der Waals surface area (Å²) in [6.07, 6.45) is 0.336. The van der Waals surface area contributed by atoms with Gasteiger partial charge in [0.2, 0.25) is 5.91 Å². The molecular formula is C10H20N2O2. The van der Waals surface area contributed by atoms with Crippen molar-refractivity contribution in [1.82, 2.24) is 10.2 Å². The van der Waals surface area contributed by atoms with Crippen LogP contribution in [-0.2, 0) is 9.59 Å². The zero-order valence-corrected chi connectivity index (χ0v) is 9.46. The molecule has 4 nitrogen and oxygen atoms in total. The van der Waals surface area contributed by atoms with Crippen molar-refractivity contribution in [3.05, 3.63) is 0 Å². The van der Waals surface area contributed by atoms with Crippen molar-refractivity contribution in [1.29, 1.82) is 0 Å². The van der Waals surface area contributed by atoms with Gasteiger partial charge >= 0.3 is 0 Å². The Kier molecular flexibility index (Phi) is 6.12. The van der Waals surface area contributed by atoms with E-state index < -0.39 is 0 Å². The number of Topliss-reactive ketones (excluding diaryl/α,β-unsaturated/α-hetero) is 1. The lowest BCUT2D eigenvalue weighted by Gasteiger charge is -2.20. The molecule has 0 aromatic rings. The third kappa shape index (κ3) is 4.97. The molecule has 0 spiro atoms. The Morgan fingerprint density at radius 1 is 1.43 bits per heavy atom. The number of rotatable bonds is 6. The topological polar surface area (TPSA) is 49.4 Å². The molecule has 0 radical (unpaired) electrons. The Hall–Kier alpha value is -0.900. The van der Waals surface area contributed by atoms with Crippen molar-refractivity contribution in [3.8, 4) is 0 Å². The van der Waals surface area contributed by atoms with Gasteiger partial charge in [-0.05, 0) is 14.0 Å². The highest BCUT2D eigenvalue weighted by atomic mass is 16.2. The molecule has 1 atom stereocenters. The van der Waals surface area contributed by atoms with Gasteiger partial charge in [0.1, 0.15) is 5.78 Å². The number of hydrogen-bond acceptors (Lipinski definition) is 3. The van der Waals surface area contributed by atoms with Crippen LogP contribution in [0.15, 0.2) is 0 Å². The van der Waals surface area contributed by atoms with E-state index in [0.29, 0.717) is 13.0 Å². The maximum atomic E-state index is 11.6. The second-order valence-electron chi connectivity index (χ2n) is 3.67. The van der Waals surface area contributed by atoms with E-state index in [9.17, 15) is 9.59 Å². The van der Waals surface area contributed by atoms with Crippen LogP contribution >= 0.6 is 0 Å². The Labute approximate surface area is 85.7 Å². The molecule has 0 aromatic heterocycles. The monoisotopic (exact) mass is 200 g/mol. The van der Waals surface area contributed by atoms with Crippen molar-refractivity contribution < 1.29 is 9.59 Å². The maximum absolute atomic E-state index is 11.6. The summed E-state index contributed by atoms with van der Waals surface area (Å²) in [6.45, 7) is 4.75. The van der Waals surface area contributed by atoms with Gasteiger partial charge < -0.3 is 15.0 Å². The minimum atomic E-state index is -0.200. The van der Waals surface area contributed by atoms with Gasteiger partial charge in [0.25, 0.3) is 0 Å². The van der Waals surface area contributed by atoms with Gasteiger partial charge in [-0.3, -0.25) is 4.79 Å². The molecule has 0 aromatic carbocycles. The molecule has 0 rings (SSSR count). The Morgan fingerprint density at radius 3 is 2.43 bits per heavy atom. The smallest absolute Gasteiger partial charge is 0.225 e. The fraction of sp³-hybridized carbons (Fsp3) is 0.800. The predicted molar refractivity (Wildman–Crippen MR) is 56.0 cm³/mol. The Bertz CT molecular complexity index is 204. The summed E-state index contributed by atoms with van der Waals surface area (Å²) in [5.74, 6) is -0.0994. The van der Waals surface area contributed by atoms with E-state index in [-0.39, 0.29) is 17.6 Å². The summed E-state index contributed by atoms with van der Waals surface area (Å²) in [6, 6.07) is 0. The summed E-state index contributed by atoms with van der Waals surface area (Å²) >= 11 is 0. The number of nitrogens with zero attached hydrogens (tertiary/aromatic N) is 1. The molecule has 1 amide bonds. The second-order valence-corrected chi connectivity index (χ2v) is 3.67. The molecule has 4 heteroatoms. The minimum Gasteiger partial charge on any atom is -0.344 e. The van der Waals surface area contributed by atoms with Gasteiger partial charge in [0.15, 0.2) is 0 Å². The molecule has 0 saturated heterocycles. The molecule has 0 aliphatic carbocycles. The lowest BCUT2D eigenvalue weighted by atomic mass is 10.0. The highest BCUT2D eigenvalue weighted by Crippen LogP contribution is 2.06. The molecule has 14 heavy (non-hydrogen) atoms. The highest BCUT2D eigenvalue weighted by Gasteiger charge is 2.18. The fourth-order valence-electron chi connectivity index (χ4n) is 1.28. The van der Waals surface area contributed by atoms with Crippen LogP contribution in [0, 0.1) is 5.92 Å². The van der Waals surface area contributed by atoms with Crippen LogP contribution in [-0.4, -0.2) is 43.8 Å². The molecule has 82 valence electrons. The molecule has 0 aliphatic rings. The van der Waals surface area contributed by atoms with Crippen molar-refractivity contribution >= 4 is 11.7 Å². The van der Waals surface area contributed by atoms with Crippen LogP contribution in [0.1, 0.15) is 20.3 Å². The predicted octanol–water partition coefficient (Wildman–Crippen LogP) is 0.279. The first-order valence-electron chi connectivity index (χ1n) is 4.88. The van der Waals surface area contributed by atoms with Crippen molar-refractivity contribution in [2.75, 3.05) is 27.2 Å². The van der Waals surface area contributed by atoms with E-state index in [2.05, 4.69) is 5.32 Å². The number of hydrogen-bond donors (Lipinski definition) is 1. The van der Waals surface area contributed by atoms with E-state index in [0.717, 1.165) is 6.54 Å². The summed E-state index contributed by atoms with van der Waals surface area (Å²) < 4.78 is 0. The average Bonchev–Trinajstić information content (AvgIpc) is 2.11. The van der Waals surface area contributed by atoms with Crippen molar-refractivity contribution in [2.45, 2.75) is 20.3 Å². The Morgan fingerprint density at radius 2 is 2.00 bits per heavy atom. The van der Waals surface area contributed by atoms with Gasteiger partial charge in [-0.15, -0.1) is 0 Å². The molecule has 1 unspecified atom stereocenters. The Balaban J connectivity index is 3.97. The van der Waals surface area contributed by atoms with Gasteiger partial charge in [-0.2, -0.15) is 0 Å². The van der Waals surface area contributed by atoms with Crippen LogP contribution in [0.4, 0.5) is 0 Å². The molecular weight excluding hydrogens is 180 g/mol. The van der Waals surface area contributed by atoms with Crippen LogP contribution < -0.4 is 5.32 Å². The van der Waals surface area contributed by atoms with Crippen LogP contribution in [0.25, 0.3) is 0 Å².